The molecule has 5 nitrogen and oxygen atoms in total. The first-order valence-corrected chi connectivity index (χ1v) is 8.31. The van der Waals surface area contributed by atoms with Gasteiger partial charge >= 0.3 is 6.03 Å². The van der Waals surface area contributed by atoms with Crippen molar-refractivity contribution in [2.24, 2.45) is 5.92 Å². The van der Waals surface area contributed by atoms with E-state index in [2.05, 4.69) is 5.32 Å². The molecule has 2 rings (SSSR count). The number of aliphatic hydroxyl groups is 1. The maximum Gasteiger partial charge on any atom is 0.317 e. The topological polar surface area (TPSA) is 61.8 Å². The van der Waals surface area contributed by atoms with Crippen LogP contribution in [0.4, 0.5) is 4.79 Å². The number of hydrogen-bond donors (Lipinski definition) is 2. The number of hydrogen-bond acceptors (Lipinski definition) is 3. The van der Waals surface area contributed by atoms with Crippen LogP contribution in [-0.4, -0.2) is 48.4 Å². The number of piperidine rings is 1. The Morgan fingerprint density at radius 1 is 1.48 bits per heavy atom. The van der Waals surface area contributed by atoms with Gasteiger partial charge < -0.3 is 20.1 Å². The number of halogens is 1. The van der Waals surface area contributed by atoms with E-state index in [4.69, 9.17) is 16.3 Å². The van der Waals surface area contributed by atoms with E-state index in [1.165, 1.54) is 0 Å². The molecular formula is C17H25ClN2O3. The number of carbonyl (C=O) groups excluding carboxylic acids is 1. The molecule has 1 aromatic rings. The van der Waals surface area contributed by atoms with Crippen molar-refractivity contribution >= 4 is 17.6 Å². The standard InChI is InChI=1S/C17H25ClN2O3/c1-13-12-20(9-7-17(13,22)8-10-23-2)16(21)19-11-14-3-5-15(18)6-4-14/h3-6,13,22H,7-12H2,1-2H3,(H,19,21)/t13-,17-/m0/s1. The highest BCUT2D eigenvalue weighted by Crippen LogP contribution is 2.30. The van der Waals surface area contributed by atoms with Crippen molar-refractivity contribution < 1.29 is 14.6 Å². The molecule has 1 heterocycles. The molecule has 0 unspecified atom stereocenters. The van der Waals surface area contributed by atoms with Gasteiger partial charge in [0.05, 0.1) is 5.60 Å². The first-order valence-electron chi connectivity index (χ1n) is 7.93. The lowest BCUT2D eigenvalue weighted by molar-refractivity contribution is -0.0732. The fourth-order valence-electron chi connectivity index (χ4n) is 2.89. The third-order valence-corrected chi connectivity index (χ3v) is 4.86. The van der Waals surface area contributed by atoms with Crippen LogP contribution in [0.5, 0.6) is 0 Å². The van der Waals surface area contributed by atoms with Crippen LogP contribution in [0.1, 0.15) is 25.3 Å². The van der Waals surface area contributed by atoms with Gasteiger partial charge in [-0.1, -0.05) is 30.7 Å². The second-order valence-electron chi connectivity index (χ2n) is 6.23. The zero-order chi connectivity index (χ0) is 16.9. The Bertz CT molecular complexity index is 523. The van der Waals surface area contributed by atoms with Crippen LogP contribution in [0.3, 0.4) is 0 Å². The van der Waals surface area contributed by atoms with E-state index >= 15 is 0 Å². The summed E-state index contributed by atoms with van der Waals surface area (Å²) in [4.78, 5) is 14.1. The van der Waals surface area contributed by atoms with E-state index in [1.54, 1.807) is 12.0 Å². The van der Waals surface area contributed by atoms with E-state index in [9.17, 15) is 9.90 Å². The molecule has 1 aromatic carbocycles. The molecule has 0 radical (unpaired) electrons. The third kappa shape index (κ3) is 4.83. The third-order valence-electron chi connectivity index (χ3n) is 4.61. The zero-order valence-corrected chi connectivity index (χ0v) is 14.5. The van der Waals surface area contributed by atoms with Crippen molar-refractivity contribution in [2.45, 2.75) is 31.9 Å². The number of nitrogens with one attached hydrogen (secondary N) is 1. The molecule has 1 fully saturated rings. The predicted molar refractivity (Wildman–Crippen MR) is 90.5 cm³/mol. The summed E-state index contributed by atoms with van der Waals surface area (Å²) >= 11 is 5.85. The molecule has 0 saturated carbocycles. The van der Waals surface area contributed by atoms with Gasteiger partial charge in [0.2, 0.25) is 0 Å². The minimum Gasteiger partial charge on any atom is -0.389 e. The number of urea groups is 1. The average Bonchev–Trinajstić information content (AvgIpc) is 2.55. The van der Waals surface area contributed by atoms with Crippen molar-refractivity contribution in [2.75, 3.05) is 26.8 Å². The van der Waals surface area contributed by atoms with Gasteiger partial charge in [0.15, 0.2) is 0 Å². The largest absolute Gasteiger partial charge is 0.389 e. The van der Waals surface area contributed by atoms with Crippen LogP contribution < -0.4 is 5.32 Å². The monoisotopic (exact) mass is 340 g/mol. The minimum atomic E-state index is -0.747. The number of carbonyl (C=O) groups is 1. The fraction of sp³-hybridized carbons (Fsp3) is 0.588. The maximum atomic E-state index is 12.3. The first-order chi connectivity index (χ1) is 10.9. The van der Waals surface area contributed by atoms with Crippen molar-refractivity contribution in [3.05, 3.63) is 34.9 Å². The Morgan fingerprint density at radius 2 is 2.17 bits per heavy atom. The smallest absolute Gasteiger partial charge is 0.317 e. The summed E-state index contributed by atoms with van der Waals surface area (Å²) in [5.74, 6) is 0.0210. The molecule has 2 N–H and O–H groups in total. The quantitative estimate of drug-likeness (QED) is 0.866. The lowest BCUT2D eigenvalue weighted by Gasteiger charge is -2.43. The maximum absolute atomic E-state index is 12.3. The number of ether oxygens (including phenoxy) is 1. The van der Waals surface area contributed by atoms with Gasteiger partial charge in [-0.05, 0) is 30.5 Å². The summed E-state index contributed by atoms with van der Waals surface area (Å²) in [6.07, 6.45) is 1.18. The summed E-state index contributed by atoms with van der Waals surface area (Å²) in [6, 6.07) is 7.31. The lowest BCUT2D eigenvalue weighted by Crippen LogP contribution is -2.54. The second-order valence-corrected chi connectivity index (χ2v) is 6.67. The minimum absolute atomic E-state index is 0.0210. The molecule has 6 heteroatoms. The van der Waals surface area contributed by atoms with Crippen LogP contribution in [-0.2, 0) is 11.3 Å². The number of rotatable bonds is 5. The summed E-state index contributed by atoms with van der Waals surface area (Å²) in [6.45, 7) is 4.08. The van der Waals surface area contributed by atoms with E-state index in [0.717, 1.165) is 5.56 Å². The van der Waals surface area contributed by atoms with Crippen LogP contribution in [0.2, 0.25) is 5.02 Å². The van der Waals surface area contributed by atoms with Crippen LogP contribution in [0.15, 0.2) is 24.3 Å². The van der Waals surface area contributed by atoms with E-state index in [-0.39, 0.29) is 11.9 Å². The molecule has 2 amide bonds. The van der Waals surface area contributed by atoms with Gasteiger partial charge in [0.25, 0.3) is 0 Å². The SMILES string of the molecule is COCC[C@@]1(O)CCN(C(=O)NCc2ccc(Cl)cc2)C[C@@H]1C. The van der Waals surface area contributed by atoms with Crippen molar-refractivity contribution in [1.29, 1.82) is 0 Å². The molecule has 0 bridgehead atoms. The summed E-state index contributed by atoms with van der Waals surface area (Å²) < 4.78 is 5.07. The highest BCUT2D eigenvalue weighted by molar-refractivity contribution is 6.30. The molecule has 0 aliphatic carbocycles. The first kappa shape index (κ1) is 18.0. The number of methoxy groups -OCH3 is 1. The van der Waals surface area contributed by atoms with Gasteiger partial charge in [-0.3, -0.25) is 0 Å². The molecule has 128 valence electrons. The van der Waals surface area contributed by atoms with Gasteiger partial charge in [-0.15, -0.1) is 0 Å². The lowest BCUT2D eigenvalue weighted by atomic mass is 9.80. The highest BCUT2D eigenvalue weighted by Gasteiger charge is 2.39. The predicted octanol–water partition coefficient (Wildman–Crippen LogP) is 2.66. The molecule has 1 aliphatic heterocycles. The van der Waals surface area contributed by atoms with Crippen molar-refractivity contribution in [3.63, 3.8) is 0 Å². The normalized spacial score (nSPS) is 24.5. The second kappa shape index (κ2) is 7.99. The number of benzene rings is 1. The van der Waals surface area contributed by atoms with E-state index < -0.39 is 5.60 Å². The van der Waals surface area contributed by atoms with Crippen molar-refractivity contribution in [3.8, 4) is 0 Å². The van der Waals surface area contributed by atoms with Gasteiger partial charge in [-0.2, -0.15) is 0 Å². The molecule has 0 spiro atoms. The van der Waals surface area contributed by atoms with Crippen LogP contribution in [0.25, 0.3) is 0 Å². The van der Waals surface area contributed by atoms with Gasteiger partial charge in [-0.25, -0.2) is 4.79 Å². The molecule has 23 heavy (non-hydrogen) atoms. The fourth-order valence-corrected chi connectivity index (χ4v) is 3.02. The number of amides is 2. The number of likely N-dealkylation sites (tertiary alicyclic amines) is 1. The van der Waals surface area contributed by atoms with Crippen LogP contribution in [0, 0.1) is 5.92 Å². The van der Waals surface area contributed by atoms with E-state index in [1.807, 2.05) is 31.2 Å². The Labute approximate surface area is 142 Å². The highest BCUT2D eigenvalue weighted by atomic mass is 35.5. The molecule has 1 aliphatic rings. The number of nitrogens with zero attached hydrogens (tertiary/aromatic N) is 1. The van der Waals surface area contributed by atoms with Gasteiger partial charge in [0.1, 0.15) is 0 Å². The zero-order valence-electron chi connectivity index (χ0n) is 13.7. The molecular weight excluding hydrogens is 316 g/mol. The van der Waals surface area contributed by atoms with E-state index in [0.29, 0.717) is 44.1 Å². The Kier molecular flexibility index (Phi) is 6.27. The van der Waals surface area contributed by atoms with Gasteiger partial charge in [0, 0.05) is 44.3 Å². The molecule has 2 atom stereocenters. The Hall–Kier alpha value is -1.30. The molecule has 0 aromatic heterocycles. The Morgan fingerprint density at radius 3 is 2.78 bits per heavy atom. The average molecular weight is 341 g/mol. The van der Waals surface area contributed by atoms with Crippen molar-refractivity contribution in [1.82, 2.24) is 10.2 Å². The van der Waals surface area contributed by atoms with Crippen LogP contribution >= 0.6 is 11.6 Å². The molecule has 1 saturated heterocycles. The summed E-state index contributed by atoms with van der Waals surface area (Å²) in [5.41, 5.74) is 0.257. The summed E-state index contributed by atoms with van der Waals surface area (Å²) in [5, 5.41) is 14.3. The summed E-state index contributed by atoms with van der Waals surface area (Å²) in [7, 11) is 1.63. The Balaban J connectivity index is 1.83.